The summed E-state index contributed by atoms with van der Waals surface area (Å²) in [7, 11) is 3.23. The van der Waals surface area contributed by atoms with Crippen LogP contribution < -0.4 is 9.47 Å². The molecule has 0 saturated carbocycles. The molecule has 0 spiro atoms. The average molecular weight is 355 g/mol. The number of hydrogen-bond donors (Lipinski definition) is 0. The smallest absolute Gasteiger partial charge is 0.213 e. The zero-order valence-corrected chi connectivity index (χ0v) is 14.7. The Kier molecular flexibility index (Phi) is 5.69. The van der Waals surface area contributed by atoms with E-state index in [1.807, 2.05) is 42.5 Å². The Balaban J connectivity index is 1.77. The van der Waals surface area contributed by atoms with Crippen molar-refractivity contribution in [2.24, 2.45) is 4.99 Å². The van der Waals surface area contributed by atoms with Crippen molar-refractivity contribution in [3.05, 3.63) is 60.2 Å². The predicted octanol–water partition coefficient (Wildman–Crippen LogP) is 4.13. The van der Waals surface area contributed by atoms with Gasteiger partial charge in [0.15, 0.2) is 17.3 Å². The van der Waals surface area contributed by atoms with Crippen molar-refractivity contribution in [3.63, 3.8) is 0 Å². The maximum Gasteiger partial charge on any atom is 0.213 e. The third-order valence-corrected chi connectivity index (χ3v) is 4.45. The zero-order valence-electron chi connectivity index (χ0n) is 13.9. The largest absolute Gasteiger partial charge is 0.493 e. The second kappa shape index (κ2) is 8.34. The van der Waals surface area contributed by atoms with Gasteiger partial charge in [0.1, 0.15) is 0 Å². The third kappa shape index (κ3) is 4.39. The van der Waals surface area contributed by atoms with Gasteiger partial charge in [0.05, 0.1) is 25.7 Å². The fourth-order valence-corrected chi connectivity index (χ4v) is 3.02. The SMILES string of the molecule is COc1ccc(C=Nc2ccccc2SCc2ncon2)cc1OC. The van der Waals surface area contributed by atoms with Crippen molar-refractivity contribution in [1.82, 2.24) is 10.1 Å². The molecular formula is C18H17N3O3S. The van der Waals surface area contributed by atoms with Gasteiger partial charge in [0, 0.05) is 11.1 Å². The summed E-state index contributed by atoms with van der Waals surface area (Å²) in [5.74, 6) is 2.64. The lowest BCUT2D eigenvalue weighted by atomic mass is 10.2. The molecule has 0 bridgehead atoms. The van der Waals surface area contributed by atoms with Crippen molar-refractivity contribution in [1.29, 1.82) is 0 Å². The second-order valence-electron chi connectivity index (χ2n) is 4.98. The molecule has 128 valence electrons. The summed E-state index contributed by atoms with van der Waals surface area (Å²) >= 11 is 1.61. The van der Waals surface area contributed by atoms with Crippen LogP contribution in [0.4, 0.5) is 5.69 Å². The quantitative estimate of drug-likeness (QED) is 0.469. The van der Waals surface area contributed by atoms with Crippen LogP contribution in [0.15, 0.2) is 63.3 Å². The molecule has 2 aromatic carbocycles. The fraction of sp³-hybridized carbons (Fsp3) is 0.167. The summed E-state index contributed by atoms with van der Waals surface area (Å²) in [5.41, 5.74) is 1.81. The van der Waals surface area contributed by atoms with Gasteiger partial charge in [-0.1, -0.05) is 17.3 Å². The molecule has 0 aliphatic rings. The van der Waals surface area contributed by atoms with E-state index in [4.69, 9.17) is 14.0 Å². The Hall–Kier alpha value is -2.80. The summed E-state index contributed by atoms with van der Waals surface area (Å²) in [6.45, 7) is 0. The maximum atomic E-state index is 5.32. The van der Waals surface area contributed by atoms with Crippen LogP contribution in [0.25, 0.3) is 0 Å². The molecule has 1 aromatic heterocycles. The lowest BCUT2D eigenvalue weighted by Gasteiger charge is -2.07. The van der Waals surface area contributed by atoms with Crippen molar-refractivity contribution < 1.29 is 14.0 Å². The molecule has 0 aliphatic heterocycles. The Bertz CT molecular complexity index is 851. The number of rotatable bonds is 7. The summed E-state index contributed by atoms with van der Waals surface area (Å²) < 4.78 is 15.3. The van der Waals surface area contributed by atoms with Crippen LogP contribution >= 0.6 is 11.8 Å². The van der Waals surface area contributed by atoms with Crippen LogP contribution in [0.3, 0.4) is 0 Å². The first kappa shape index (κ1) is 17.0. The van der Waals surface area contributed by atoms with E-state index in [1.165, 1.54) is 6.39 Å². The lowest BCUT2D eigenvalue weighted by molar-refractivity contribution is 0.355. The van der Waals surface area contributed by atoms with Crippen molar-refractivity contribution in [2.75, 3.05) is 14.2 Å². The number of methoxy groups -OCH3 is 2. The Morgan fingerprint density at radius 2 is 1.96 bits per heavy atom. The summed E-state index contributed by atoms with van der Waals surface area (Å²) in [5, 5.41) is 3.82. The molecule has 1 heterocycles. The van der Waals surface area contributed by atoms with Gasteiger partial charge < -0.3 is 14.0 Å². The fourth-order valence-electron chi connectivity index (χ4n) is 2.16. The van der Waals surface area contributed by atoms with Gasteiger partial charge in [-0.15, -0.1) is 11.8 Å². The number of aliphatic imine (C=N–C) groups is 1. The Morgan fingerprint density at radius 3 is 2.72 bits per heavy atom. The highest BCUT2D eigenvalue weighted by molar-refractivity contribution is 7.98. The Morgan fingerprint density at radius 1 is 1.12 bits per heavy atom. The predicted molar refractivity (Wildman–Crippen MR) is 97.1 cm³/mol. The number of thioether (sulfide) groups is 1. The van der Waals surface area contributed by atoms with Crippen LogP contribution in [-0.2, 0) is 5.75 Å². The highest BCUT2D eigenvalue weighted by atomic mass is 32.2. The molecule has 6 nitrogen and oxygen atoms in total. The monoisotopic (exact) mass is 355 g/mol. The topological polar surface area (TPSA) is 69.7 Å². The molecule has 0 radical (unpaired) electrons. The van der Waals surface area contributed by atoms with Gasteiger partial charge in [-0.3, -0.25) is 4.99 Å². The van der Waals surface area contributed by atoms with E-state index in [-0.39, 0.29) is 0 Å². The maximum absolute atomic E-state index is 5.32. The molecule has 0 amide bonds. The lowest BCUT2D eigenvalue weighted by Crippen LogP contribution is -1.92. The molecule has 0 unspecified atom stereocenters. The molecule has 25 heavy (non-hydrogen) atoms. The van der Waals surface area contributed by atoms with E-state index in [1.54, 1.807) is 32.2 Å². The Labute approximate surface area is 149 Å². The minimum absolute atomic E-state index is 0.624. The number of para-hydroxylation sites is 1. The van der Waals surface area contributed by atoms with Crippen LogP contribution in [0.5, 0.6) is 11.5 Å². The second-order valence-corrected chi connectivity index (χ2v) is 5.99. The molecular weight excluding hydrogens is 338 g/mol. The molecule has 3 rings (SSSR count). The molecule has 0 fully saturated rings. The first-order chi connectivity index (χ1) is 12.3. The highest BCUT2D eigenvalue weighted by Crippen LogP contribution is 2.31. The third-order valence-electron chi connectivity index (χ3n) is 3.39. The van der Waals surface area contributed by atoms with Crippen molar-refractivity contribution in [2.45, 2.75) is 10.6 Å². The zero-order chi connectivity index (χ0) is 17.5. The summed E-state index contributed by atoms with van der Waals surface area (Å²) in [6.07, 6.45) is 3.13. The number of nitrogens with zero attached hydrogens (tertiary/aromatic N) is 3. The van der Waals surface area contributed by atoms with E-state index >= 15 is 0 Å². The van der Waals surface area contributed by atoms with E-state index < -0.39 is 0 Å². The van der Waals surface area contributed by atoms with Gasteiger partial charge in [0.25, 0.3) is 0 Å². The van der Waals surface area contributed by atoms with Crippen LogP contribution in [-0.4, -0.2) is 30.6 Å². The first-order valence-corrected chi connectivity index (χ1v) is 8.52. The van der Waals surface area contributed by atoms with Gasteiger partial charge in [-0.25, -0.2) is 0 Å². The van der Waals surface area contributed by atoms with Gasteiger partial charge >= 0.3 is 0 Å². The summed E-state index contributed by atoms with van der Waals surface area (Å²) in [4.78, 5) is 9.67. The number of hydrogen-bond acceptors (Lipinski definition) is 7. The minimum Gasteiger partial charge on any atom is -0.493 e. The van der Waals surface area contributed by atoms with Gasteiger partial charge in [-0.2, -0.15) is 4.98 Å². The van der Waals surface area contributed by atoms with Gasteiger partial charge in [0.2, 0.25) is 6.39 Å². The molecule has 3 aromatic rings. The van der Waals surface area contributed by atoms with E-state index in [2.05, 4.69) is 15.1 Å². The molecule has 0 N–H and O–H groups in total. The van der Waals surface area contributed by atoms with E-state index in [0.717, 1.165) is 16.1 Å². The number of benzene rings is 2. The molecule has 0 aliphatic carbocycles. The average Bonchev–Trinajstić information content (AvgIpc) is 3.18. The molecule has 0 saturated heterocycles. The van der Waals surface area contributed by atoms with E-state index in [9.17, 15) is 0 Å². The molecule has 0 atom stereocenters. The van der Waals surface area contributed by atoms with E-state index in [0.29, 0.717) is 23.1 Å². The number of ether oxygens (including phenoxy) is 2. The number of aromatic nitrogens is 2. The van der Waals surface area contributed by atoms with Crippen LogP contribution in [0, 0.1) is 0 Å². The first-order valence-electron chi connectivity index (χ1n) is 7.53. The standard InChI is InChI=1S/C18H17N3O3S/c1-22-15-8-7-13(9-16(15)23-2)10-19-14-5-3-4-6-17(14)25-11-18-20-12-24-21-18/h3-10,12H,11H2,1-2H3. The van der Waals surface area contributed by atoms with Crippen LogP contribution in [0.1, 0.15) is 11.4 Å². The van der Waals surface area contributed by atoms with Crippen molar-refractivity contribution >= 4 is 23.7 Å². The van der Waals surface area contributed by atoms with Crippen molar-refractivity contribution in [3.8, 4) is 11.5 Å². The van der Waals surface area contributed by atoms with Crippen LogP contribution in [0.2, 0.25) is 0 Å². The highest BCUT2D eigenvalue weighted by Gasteiger charge is 2.06. The molecule has 7 heteroatoms. The summed E-state index contributed by atoms with van der Waals surface area (Å²) in [6, 6.07) is 13.6. The minimum atomic E-state index is 0.624. The normalized spacial score (nSPS) is 11.0. The van der Waals surface area contributed by atoms with Gasteiger partial charge in [-0.05, 0) is 35.9 Å².